The topological polar surface area (TPSA) is 50.7 Å². The molecule has 1 N–H and O–H groups in total. The van der Waals surface area contributed by atoms with Crippen LogP contribution in [0.15, 0.2) is 5.16 Å². The van der Waals surface area contributed by atoms with Gasteiger partial charge in [-0.15, -0.1) is 0 Å². The Morgan fingerprint density at radius 2 is 2.67 bits per heavy atom. The molecule has 4 heteroatoms. The second-order valence-electron chi connectivity index (χ2n) is 1.82. The molecule has 1 amide bonds. The van der Waals surface area contributed by atoms with Gasteiger partial charge in [0.25, 0.3) is 0 Å². The van der Waals surface area contributed by atoms with Gasteiger partial charge < -0.3 is 10.2 Å². The van der Waals surface area contributed by atoms with Gasteiger partial charge in [-0.25, -0.2) is 0 Å². The Kier molecular flexibility index (Phi) is 1.67. The van der Waals surface area contributed by atoms with Crippen LogP contribution in [0.4, 0.5) is 0 Å². The summed E-state index contributed by atoms with van der Waals surface area (Å²) in [6.45, 7) is 0. The van der Waals surface area contributed by atoms with Crippen molar-refractivity contribution in [3.05, 3.63) is 0 Å². The molecular weight excluding hydrogens is 120 g/mol. The molecular formula is C5H8N2O2. The molecule has 50 valence electrons. The van der Waals surface area contributed by atoms with Crippen LogP contribution in [0.1, 0.15) is 6.42 Å². The Morgan fingerprint density at radius 3 is 3.11 bits per heavy atom. The fourth-order valence-corrected chi connectivity index (χ4v) is 0.610. The van der Waals surface area contributed by atoms with E-state index in [1.54, 1.807) is 6.21 Å². The van der Waals surface area contributed by atoms with Crippen molar-refractivity contribution >= 4 is 12.1 Å². The predicted molar refractivity (Wildman–Crippen MR) is 32.0 cm³/mol. The van der Waals surface area contributed by atoms with Gasteiger partial charge in [0.2, 0.25) is 5.91 Å². The van der Waals surface area contributed by atoms with Crippen LogP contribution in [0.25, 0.3) is 0 Å². The molecule has 0 aliphatic carbocycles. The van der Waals surface area contributed by atoms with E-state index in [1.165, 1.54) is 7.11 Å². The van der Waals surface area contributed by atoms with E-state index >= 15 is 0 Å². The van der Waals surface area contributed by atoms with Crippen LogP contribution in [0.5, 0.6) is 0 Å². The van der Waals surface area contributed by atoms with E-state index < -0.39 is 0 Å². The van der Waals surface area contributed by atoms with Crippen molar-refractivity contribution in [2.45, 2.75) is 12.5 Å². The number of carbonyl (C=O) groups excluding carboxylic acids is 1. The number of β-lactam (4-membered cyclic amide) rings is 1. The van der Waals surface area contributed by atoms with Gasteiger partial charge in [0.15, 0.2) is 0 Å². The third kappa shape index (κ3) is 1.42. The molecule has 0 aromatic carbocycles. The molecule has 0 bridgehead atoms. The highest BCUT2D eigenvalue weighted by molar-refractivity contribution is 5.91. The summed E-state index contributed by atoms with van der Waals surface area (Å²) in [5.41, 5.74) is 0. The lowest BCUT2D eigenvalue weighted by Gasteiger charge is -2.21. The summed E-state index contributed by atoms with van der Waals surface area (Å²) in [6.07, 6.45) is 2.11. The lowest BCUT2D eigenvalue weighted by Crippen LogP contribution is -2.49. The highest BCUT2D eigenvalue weighted by Gasteiger charge is 2.22. The van der Waals surface area contributed by atoms with E-state index in [1.807, 2.05) is 0 Å². The number of amides is 1. The second kappa shape index (κ2) is 2.48. The molecule has 0 aromatic heterocycles. The molecule has 1 heterocycles. The molecule has 1 aliphatic heterocycles. The summed E-state index contributed by atoms with van der Waals surface area (Å²) in [5.74, 6) is 0.0718. The van der Waals surface area contributed by atoms with E-state index in [9.17, 15) is 4.79 Å². The molecule has 1 aliphatic rings. The highest BCUT2D eigenvalue weighted by atomic mass is 16.6. The van der Waals surface area contributed by atoms with E-state index in [2.05, 4.69) is 15.3 Å². The van der Waals surface area contributed by atoms with Crippen LogP contribution in [0.2, 0.25) is 0 Å². The van der Waals surface area contributed by atoms with Crippen molar-refractivity contribution in [1.82, 2.24) is 5.32 Å². The van der Waals surface area contributed by atoms with Crippen molar-refractivity contribution in [3.63, 3.8) is 0 Å². The number of oxime groups is 1. The third-order valence-electron chi connectivity index (χ3n) is 1.10. The molecule has 1 saturated heterocycles. The summed E-state index contributed by atoms with van der Waals surface area (Å²) in [4.78, 5) is 14.7. The molecule has 1 atom stereocenters. The number of carbonyl (C=O) groups is 1. The monoisotopic (exact) mass is 128 g/mol. The number of rotatable bonds is 2. The van der Waals surface area contributed by atoms with Crippen molar-refractivity contribution in [2.75, 3.05) is 7.11 Å². The highest BCUT2D eigenvalue weighted by Crippen LogP contribution is 1.99. The smallest absolute Gasteiger partial charge is 0.222 e. The Bertz CT molecular complexity index is 136. The standard InChI is InChI=1S/C5H8N2O2/c1-9-6-3-4-2-5(8)7-4/h3-4H,2H2,1H3,(H,7,8)/b6-3+. The molecule has 1 fully saturated rings. The first kappa shape index (κ1) is 6.07. The molecule has 0 saturated carbocycles. The molecule has 1 unspecified atom stereocenters. The summed E-state index contributed by atoms with van der Waals surface area (Å²) in [5, 5.41) is 6.10. The normalized spacial score (nSPS) is 25.4. The van der Waals surface area contributed by atoms with Gasteiger partial charge in [0.1, 0.15) is 7.11 Å². The summed E-state index contributed by atoms with van der Waals surface area (Å²) in [7, 11) is 1.47. The minimum absolute atomic E-state index is 0.0718. The minimum Gasteiger partial charge on any atom is -0.399 e. The SMILES string of the molecule is CO/N=C/C1CC(=O)N1. The predicted octanol–water partition coefficient (Wildman–Crippen LogP) is -0.493. The van der Waals surface area contributed by atoms with Gasteiger partial charge in [-0.3, -0.25) is 4.79 Å². The van der Waals surface area contributed by atoms with E-state index in [-0.39, 0.29) is 11.9 Å². The van der Waals surface area contributed by atoms with Crippen LogP contribution in [-0.2, 0) is 9.63 Å². The number of nitrogens with one attached hydrogen (secondary N) is 1. The van der Waals surface area contributed by atoms with Gasteiger partial charge in [-0.1, -0.05) is 5.16 Å². The summed E-state index contributed by atoms with van der Waals surface area (Å²) >= 11 is 0. The fourth-order valence-electron chi connectivity index (χ4n) is 0.610. The molecule has 0 spiro atoms. The zero-order valence-electron chi connectivity index (χ0n) is 5.13. The van der Waals surface area contributed by atoms with Crippen LogP contribution >= 0.6 is 0 Å². The first-order valence-electron chi connectivity index (χ1n) is 2.69. The van der Waals surface area contributed by atoms with Crippen LogP contribution in [0, 0.1) is 0 Å². The largest absolute Gasteiger partial charge is 0.399 e. The summed E-state index contributed by atoms with van der Waals surface area (Å²) < 4.78 is 0. The minimum atomic E-state index is 0.0718. The maximum atomic E-state index is 10.3. The zero-order valence-corrected chi connectivity index (χ0v) is 5.13. The average Bonchev–Trinajstić information content (AvgIpc) is 1.78. The second-order valence-corrected chi connectivity index (χ2v) is 1.82. The molecule has 0 aromatic rings. The Morgan fingerprint density at radius 1 is 2.00 bits per heavy atom. The first-order valence-corrected chi connectivity index (χ1v) is 2.69. The molecule has 4 nitrogen and oxygen atoms in total. The molecule has 1 rings (SSSR count). The maximum Gasteiger partial charge on any atom is 0.222 e. The lowest BCUT2D eigenvalue weighted by molar-refractivity contribution is -0.126. The van der Waals surface area contributed by atoms with Crippen molar-refractivity contribution in [2.24, 2.45) is 5.16 Å². The van der Waals surface area contributed by atoms with E-state index in [0.29, 0.717) is 6.42 Å². The average molecular weight is 128 g/mol. The van der Waals surface area contributed by atoms with E-state index in [0.717, 1.165) is 0 Å². The summed E-state index contributed by atoms with van der Waals surface area (Å²) in [6, 6.07) is 0.0949. The number of hydrogen-bond donors (Lipinski definition) is 1. The van der Waals surface area contributed by atoms with Gasteiger partial charge in [-0.2, -0.15) is 0 Å². The number of nitrogens with zero attached hydrogens (tertiary/aromatic N) is 1. The first-order chi connectivity index (χ1) is 4.33. The molecule has 0 radical (unpaired) electrons. The van der Waals surface area contributed by atoms with Gasteiger partial charge in [0.05, 0.1) is 18.7 Å². The Hall–Kier alpha value is -1.06. The van der Waals surface area contributed by atoms with Crippen molar-refractivity contribution < 1.29 is 9.63 Å². The van der Waals surface area contributed by atoms with Crippen molar-refractivity contribution in [1.29, 1.82) is 0 Å². The van der Waals surface area contributed by atoms with Crippen LogP contribution in [-0.4, -0.2) is 25.3 Å². The fraction of sp³-hybridized carbons (Fsp3) is 0.600. The van der Waals surface area contributed by atoms with Crippen LogP contribution in [0.3, 0.4) is 0 Å². The number of hydrogen-bond acceptors (Lipinski definition) is 3. The van der Waals surface area contributed by atoms with E-state index in [4.69, 9.17) is 0 Å². The lowest BCUT2D eigenvalue weighted by atomic mass is 10.1. The maximum absolute atomic E-state index is 10.3. The Balaban J connectivity index is 2.17. The quantitative estimate of drug-likeness (QED) is 0.310. The van der Waals surface area contributed by atoms with Gasteiger partial charge >= 0.3 is 0 Å². The van der Waals surface area contributed by atoms with Gasteiger partial charge in [0, 0.05) is 0 Å². The third-order valence-corrected chi connectivity index (χ3v) is 1.10. The van der Waals surface area contributed by atoms with Crippen molar-refractivity contribution in [3.8, 4) is 0 Å². The zero-order chi connectivity index (χ0) is 6.69. The van der Waals surface area contributed by atoms with Crippen LogP contribution < -0.4 is 5.32 Å². The molecule has 9 heavy (non-hydrogen) atoms. The Labute approximate surface area is 52.9 Å². The van der Waals surface area contributed by atoms with Gasteiger partial charge in [-0.05, 0) is 0 Å².